The van der Waals surface area contributed by atoms with Crippen molar-refractivity contribution < 1.29 is 23.4 Å². The van der Waals surface area contributed by atoms with Gasteiger partial charge in [-0.2, -0.15) is 0 Å². The number of phenolic OH excluding ortho intramolecular Hbond substituents is 2. The van der Waals surface area contributed by atoms with Crippen molar-refractivity contribution in [3.8, 4) is 34.0 Å². The molecule has 4 aromatic rings. The van der Waals surface area contributed by atoms with Crippen LogP contribution < -0.4 is 10.9 Å². The van der Waals surface area contributed by atoms with E-state index < -0.39 is 10.0 Å². The molecule has 12 nitrogen and oxygen atoms in total. The third-order valence-electron chi connectivity index (χ3n) is 7.02. The summed E-state index contributed by atoms with van der Waals surface area (Å²) in [4.78, 5) is 24.6. The SMILES string of the molecule is CN1CCN(C(=O)Cc2cc(-c3nc4cc(C(=N)N)ccc4[nH]3)c(O)c(-c3cc(S(N)(=O)=O)ccc3O)c2)CC1. The van der Waals surface area contributed by atoms with Crippen LogP contribution in [0.25, 0.3) is 33.5 Å². The summed E-state index contributed by atoms with van der Waals surface area (Å²) in [5, 5.41) is 35.1. The quantitative estimate of drug-likeness (QED) is 0.150. The molecule has 0 radical (unpaired) electrons. The molecule has 0 saturated carbocycles. The van der Waals surface area contributed by atoms with Crippen molar-refractivity contribution in [2.24, 2.45) is 10.9 Å². The molecule has 1 fully saturated rings. The van der Waals surface area contributed by atoms with Crippen molar-refractivity contribution in [1.82, 2.24) is 19.8 Å². The molecule has 0 unspecified atom stereocenters. The van der Waals surface area contributed by atoms with Crippen LogP contribution in [0.1, 0.15) is 11.1 Å². The van der Waals surface area contributed by atoms with Crippen LogP contribution in [0.5, 0.6) is 11.5 Å². The lowest BCUT2D eigenvalue weighted by atomic mass is 9.95. The van der Waals surface area contributed by atoms with Gasteiger partial charge >= 0.3 is 0 Å². The number of carbonyl (C=O) groups is 1. The first kappa shape index (κ1) is 27.1. The summed E-state index contributed by atoms with van der Waals surface area (Å²) in [7, 11) is -2.11. The molecule has 1 amide bonds. The van der Waals surface area contributed by atoms with E-state index in [9.17, 15) is 23.4 Å². The fourth-order valence-corrected chi connectivity index (χ4v) is 5.27. The Labute approximate surface area is 230 Å². The van der Waals surface area contributed by atoms with Crippen LogP contribution in [0.3, 0.4) is 0 Å². The number of nitrogens with one attached hydrogen (secondary N) is 2. The van der Waals surface area contributed by atoms with E-state index in [4.69, 9.17) is 16.3 Å². The Morgan fingerprint density at radius 1 is 1.02 bits per heavy atom. The number of amidine groups is 1. The zero-order valence-corrected chi connectivity index (χ0v) is 22.5. The minimum Gasteiger partial charge on any atom is -0.507 e. The fourth-order valence-electron chi connectivity index (χ4n) is 4.73. The lowest BCUT2D eigenvalue weighted by molar-refractivity contribution is -0.132. The molecule has 0 atom stereocenters. The van der Waals surface area contributed by atoms with Crippen molar-refractivity contribution in [3.63, 3.8) is 0 Å². The van der Waals surface area contributed by atoms with Crippen molar-refractivity contribution in [2.45, 2.75) is 11.3 Å². The standard InChI is InChI=1S/C27H29N7O5S/c1-33-6-8-34(9-7-33)24(36)12-15-10-19(18-14-17(40(30,38)39)3-5-23(18)35)25(37)20(11-15)27-31-21-4-2-16(26(28)29)13-22(21)32-27/h2-5,10-11,13-14,35,37H,6-9,12H2,1H3,(H3,28,29)(H,31,32)(H2,30,38,39). The average molecular weight is 564 g/mol. The summed E-state index contributed by atoms with van der Waals surface area (Å²) < 4.78 is 24.1. The van der Waals surface area contributed by atoms with Gasteiger partial charge in [-0.3, -0.25) is 10.2 Å². The monoisotopic (exact) mass is 563 g/mol. The van der Waals surface area contributed by atoms with Crippen molar-refractivity contribution in [1.29, 1.82) is 5.41 Å². The van der Waals surface area contributed by atoms with E-state index >= 15 is 0 Å². The van der Waals surface area contributed by atoms with Crippen molar-refractivity contribution >= 4 is 32.8 Å². The molecule has 0 aliphatic carbocycles. The van der Waals surface area contributed by atoms with E-state index in [0.717, 1.165) is 13.1 Å². The number of hydrogen-bond donors (Lipinski definition) is 6. The Kier molecular flexibility index (Phi) is 6.96. The van der Waals surface area contributed by atoms with Gasteiger partial charge in [0.25, 0.3) is 0 Å². The molecule has 1 aliphatic rings. The predicted octanol–water partition coefficient (Wildman–Crippen LogP) is 1.56. The molecule has 3 aromatic carbocycles. The first-order valence-electron chi connectivity index (χ1n) is 12.4. The van der Waals surface area contributed by atoms with Crippen molar-refractivity contribution in [3.05, 3.63) is 59.7 Å². The van der Waals surface area contributed by atoms with Gasteiger partial charge in [-0.05, 0) is 61.1 Å². The normalized spacial score (nSPS) is 14.5. The summed E-state index contributed by atoms with van der Waals surface area (Å²) in [5.74, 6) is -0.527. The van der Waals surface area contributed by atoms with Crippen molar-refractivity contribution in [2.75, 3.05) is 33.2 Å². The topological polar surface area (TPSA) is 203 Å². The number of H-pyrrole nitrogens is 1. The smallest absolute Gasteiger partial charge is 0.238 e. The molecule has 40 heavy (non-hydrogen) atoms. The van der Waals surface area contributed by atoms with Crippen LogP contribution in [-0.2, 0) is 21.2 Å². The summed E-state index contributed by atoms with van der Waals surface area (Å²) in [6.45, 7) is 2.69. The van der Waals surface area contributed by atoms with Gasteiger partial charge in [-0.15, -0.1) is 0 Å². The van der Waals surface area contributed by atoms with Gasteiger partial charge in [0.05, 0.1) is 27.9 Å². The largest absolute Gasteiger partial charge is 0.507 e. The molecular weight excluding hydrogens is 534 g/mol. The number of carbonyl (C=O) groups excluding carboxylic acids is 1. The molecule has 5 rings (SSSR count). The number of phenols is 2. The lowest BCUT2D eigenvalue weighted by Crippen LogP contribution is -2.47. The number of primary sulfonamides is 1. The summed E-state index contributed by atoms with van der Waals surface area (Å²) in [6, 6.07) is 11.7. The number of imidazole rings is 1. The van der Waals surface area contributed by atoms with Gasteiger partial charge in [0.1, 0.15) is 23.2 Å². The molecule has 1 aromatic heterocycles. The van der Waals surface area contributed by atoms with Crippen LogP contribution in [0, 0.1) is 5.41 Å². The van der Waals surface area contributed by atoms with E-state index in [1.807, 2.05) is 7.05 Å². The number of aromatic amines is 1. The predicted molar refractivity (Wildman–Crippen MR) is 150 cm³/mol. The van der Waals surface area contributed by atoms with E-state index in [0.29, 0.717) is 35.2 Å². The van der Waals surface area contributed by atoms with Gasteiger partial charge in [-0.25, -0.2) is 18.5 Å². The number of hydrogen-bond acceptors (Lipinski definition) is 8. The number of rotatable bonds is 6. The number of benzene rings is 3. The summed E-state index contributed by atoms with van der Waals surface area (Å²) >= 11 is 0. The molecule has 8 N–H and O–H groups in total. The van der Waals surface area contributed by atoms with E-state index in [2.05, 4.69) is 14.9 Å². The number of likely N-dealkylation sites (N-methyl/N-ethyl adjacent to an activating group) is 1. The van der Waals surface area contributed by atoms with Gasteiger partial charge in [0, 0.05) is 42.9 Å². The third-order valence-corrected chi connectivity index (χ3v) is 7.93. The first-order valence-corrected chi connectivity index (χ1v) is 14.0. The number of nitrogens with zero attached hydrogens (tertiary/aromatic N) is 3. The minimum atomic E-state index is -4.11. The zero-order valence-electron chi connectivity index (χ0n) is 21.7. The number of amides is 1. The number of fused-ring (bicyclic) bond motifs is 1. The number of sulfonamides is 1. The van der Waals surface area contributed by atoms with Crippen LogP contribution in [-0.4, -0.2) is 83.4 Å². The maximum atomic E-state index is 13.2. The molecule has 1 saturated heterocycles. The van der Waals surface area contributed by atoms with Gasteiger partial charge in [0.2, 0.25) is 15.9 Å². The van der Waals surface area contributed by atoms with Gasteiger partial charge < -0.3 is 30.7 Å². The number of nitrogens with two attached hydrogens (primary N) is 2. The van der Waals surface area contributed by atoms with Crippen LogP contribution in [0.4, 0.5) is 0 Å². The zero-order chi connectivity index (χ0) is 28.8. The maximum Gasteiger partial charge on any atom is 0.238 e. The Bertz CT molecular complexity index is 1760. The summed E-state index contributed by atoms with van der Waals surface area (Å²) in [6.07, 6.45) is 0.00828. The third kappa shape index (κ3) is 5.34. The number of aromatic hydroxyl groups is 2. The second-order valence-electron chi connectivity index (χ2n) is 9.86. The summed E-state index contributed by atoms with van der Waals surface area (Å²) in [5.41, 5.74) is 8.11. The Morgan fingerprint density at radius 3 is 2.40 bits per heavy atom. The van der Waals surface area contributed by atoms with Gasteiger partial charge in [0.15, 0.2) is 0 Å². The second-order valence-corrected chi connectivity index (χ2v) is 11.4. The molecular formula is C27H29N7O5S. The minimum absolute atomic E-state index is 0.00828. The number of nitrogen functional groups attached to an aromatic ring is 1. The average Bonchev–Trinajstić information content (AvgIpc) is 3.33. The van der Waals surface area contributed by atoms with E-state index in [1.54, 1.807) is 35.2 Å². The molecule has 13 heteroatoms. The molecule has 208 valence electrons. The molecule has 1 aliphatic heterocycles. The highest BCUT2D eigenvalue weighted by Crippen LogP contribution is 2.43. The first-order chi connectivity index (χ1) is 18.9. The fraction of sp³-hybridized carbons (Fsp3) is 0.222. The van der Waals surface area contributed by atoms with Gasteiger partial charge in [-0.1, -0.05) is 0 Å². The van der Waals surface area contributed by atoms with Crippen LogP contribution in [0.2, 0.25) is 0 Å². The highest BCUT2D eigenvalue weighted by molar-refractivity contribution is 7.89. The lowest BCUT2D eigenvalue weighted by Gasteiger charge is -2.32. The Morgan fingerprint density at radius 2 is 1.73 bits per heavy atom. The van der Waals surface area contributed by atoms with Crippen LogP contribution in [0.15, 0.2) is 53.4 Å². The Balaban J connectivity index is 1.65. The molecule has 0 bridgehead atoms. The molecule has 2 heterocycles. The highest BCUT2D eigenvalue weighted by Gasteiger charge is 2.23. The van der Waals surface area contributed by atoms with E-state index in [1.165, 1.54) is 18.2 Å². The number of piperazine rings is 1. The second kappa shape index (κ2) is 10.3. The van der Waals surface area contributed by atoms with Crippen LogP contribution >= 0.6 is 0 Å². The van der Waals surface area contributed by atoms with E-state index in [-0.39, 0.29) is 57.1 Å². The Hall–Kier alpha value is -4.46. The highest BCUT2D eigenvalue weighted by atomic mass is 32.2. The number of aromatic nitrogens is 2. The molecule has 0 spiro atoms. The maximum absolute atomic E-state index is 13.2.